The summed E-state index contributed by atoms with van der Waals surface area (Å²) in [4.78, 5) is 13.9. The minimum Gasteiger partial charge on any atom is -0.347 e. The van der Waals surface area contributed by atoms with E-state index in [0.29, 0.717) is 29.2 Å². The molecule has 0 aliphatic carbocycles. The number of hydrogen-bond acceptors (Lipinski definition) is 5. The first-order valence-electron chi connectivity index (χ1n) is 10.5. The summed E-state index contributed by atoms with van der Waals surface area (Å²) in [5, 5.41) is 8.08. The molecular weight excluding hydrogens is 388 g/mol. The number of aliphatic imine (C=N–C) groups is 1. The molecule has 0 bridgehead atoms. The summed E-state index contributed by atoms with van der Waals surface area (Å²) in [6.07, 6.45) is 5.30. The summed E-state index contributed by atoms with van der Waals surface area (Å²) in [5.41, 5.74) is 0.844. The largest absolute Gasteiger partial charge is 0.347 e. The summed E-state index contributed by atoms with van der Waals surface area (Å²) in [6, 6.07) is 7.45. The van der Waals surface area contributed by atoms with Crippen molar-refractivity contribution in [2.75, 3.05) is 39.8 Å². The van der Waals surface area contributed by atoms with E-state index in [1.807, 2.05) is 31.3 Å². The van der Waals surface area contributed by atoms with Gasteiger partial charge in [0.05, 0.1) is 6.54 Å². The number of rotatable bonds is 5. The number of aromatic nitrogens is 2. The molecule has 2 aliphatic rings. The SMILES string of the molecule is CN=C(NCc1nc(-c2cccc(Cl)c2)no1)N1CCC(CN2CCCCC2)C1. The average molecular weight is 417 g/mol. The van der Waals surface area contributed by atoms with Gasteiger partial charge in [-0.15, -0.1) is 0 Å². The highest BCUT2D eigenvalue weighted by atomic mass is 35.5. The zero-order valence-corrected chi connectivity index (χ0v) is 17.7. The number of nitrogens with one attached hydrogen (secondary N) is 1. The van der Waals surface area contributed by atoms with Gasteiger partial charge in [-0.1, -0.05) is 35.3 Å². The summed E-state index contributed by atoms with van der Waals surface area (Å²) in [5.74, 6) is 2.69. The molecule has 2 aliphatic heterocycles. The van der Waals surface area contributed by atoms with Crippen molar-refractivity contribution >= 4 is 17.6 Å². The highest BCUT2D eigenvalue weighted by molar-refractivity contribution is 6.30. The lowest BCUT2D eigenvalue weighted by atomic mass is 10.1. The number of benzene rings is 1. The van der Waals surface area contributed by atoms with Crippen molar-refractivity contribution in [2.24, 2.45) is 10.9 Å². The lowest BCUT2D eigenvalue weighted by Gasteiger charge is -2.29. The second-order valence-corrected chi connectivity index (χ2v) is 8.32. The van der Waals surface area contributed by atoms with Gasteiger partial charge in [-0.05, 0) is 50.4 Å². The van der Waals surface area contributed by atoms with Crippen molar-refractivity contribution in [1.82, 2.24) is 25.3 Å². The van der Waals surface area contributed by atoms with Gasteiger partial charge in [-0.3, -0.25) is 4.99 Å². The van der Waals surface area contributed by atoms with Crippen LogP contribution in [0.5, 0.6) is 0 Å². The maximum absolute atomic E-state index is 6.05. The standard InChI is InChI=1S/C21H29ClN6O/c1-23-21(28-11-8-16(15-28)14-27-9-3-2-4-10-27)24-13-19-25-20(26-29-19)17-6-5-7-18(22)12-17/h5-7,12,16H,2-4,8-11,13-15H2,1H3,(H,23,24). The molecule has 1 aromatic carbocycles. The number of guanidine groups is 1. The molecule has 0 saturated carbocycles. The van der Waals surface area contributed by atoms with E-state index in [-0.39, 0.29) is 0 Å². The number of hydrogen-bond donors (Lipinski definition) is 1. The van der Waals surface area contributed by atoms with Gasteiger partial charge in [-0.2, -0.15) is 4.98 Å². The second kappa shape index (κ2) is 9.59. The highest BCUT2D eigenvalue weighted by Gasteiger charge is 2.27. The van der Waals surface area contributed by atoms with Crippen LogP contribution in [0.4, 0.5) is 0 Å². The predicted octanol–water partition coefficient (Wildman–Crippen LogP) is 3.27. The van der Waals surface area contributed by atoms with Gasteiger partial charge in [-0.25, -0.2) is 0 Å². The van der Waals surface area contributed by atoms with Gasteiger partial charge in [0.1, 0.15) is 0 Å². The molecule has 2 saturated heterocycles. The molecular formula is C21H29ClN6O. The van der Waals surface area contributed by atoms with Crippen LogP contribution >= 0.6 is 11.6 Å². The third-order valence-electron chi connectivity index (χ3n) is 5.71. The Balaban J connectivity index is 1.29. The van der Waals surface area contributed by atoms with Crippen LogP contribution in [0.1, 0.15) is 31.6 Å². The number of likely N-dealkylation sites (tertiary alicyclic amines) is 2. The van der Waals surface area contributed by atoms with Gasteiger partial charge < -0.3 is 19.6 Å². The van der Waals surface area contributed by atoms with Crippen molar-refractivity contribution in [3.05, 3.63) is 35.2 Å². The lowest BCUT2D eigenvalue weighted by molar-refractivity contribution is 0.198. The van der Waals surface area contributed by atoms with Crippen LogP contribution in [0.3, 0.4) is 0 Å². The van der Waals surface area contributed by atoms with Crippen molar-refractivity contribution < 1.29 is 4.52 Å². The first-order valence-corrected chi connectivity index (χ1v) is 10.9. The topological polar surface area (TPSA) is 69.8 Å². The van der Waals surface area contributed by atoms with Crippen LogP contribution in [0, 0.1) is 5.92 Å². The fourth-order valence-corrected chi connectivity index (χ4v) is 4.43. The number of halogens is 1. The summed E-state index contributed by atoms with van der Waals surface area (Å²) in [6.45, 7) is 6.27. The van der Waals surface area contributed by atoms with Crippen LogP contribution in [0.25, 0.3) is 11.4 Å². The minimum atomic E-state index is 0.452. The van der Waals surface area contributed by atoms with Crippen LogP contribution in [-0.2, 0) is 6.54 Å². The van der Waals surface area contributed by atoms with Gasteiger partial charge in [0.2, 0.25) is 11.7 Å². The Morgan fingerprint density at radius 3 is 2.93 bits per heavy atom. The van der Waals surface area contributed by atoms with E-state index in [1.165, 1.54) is 45.3 Å². The normalized spacial score (nSPS) is 21.0. The van der Waals surface area contributed by atoms with Crippen LogP contribution in [-0.4, -0.2) is 65.7 Å². The van der Waals surface area contributed by atoms with E-state index in [2.05, 4.69) is 30.2 Å². The van der Waals surface area contributed by atoms with Gasteiger partial charge in [0.15, 0.2) is 5.96 Å². The van der Waals surface area contributed by atoms with Crippen molar-refractivity contribution in [3.8, 4) is 11.4 Å². The van der Waals surface area contributed by atoms with Crippen molar-refractivity contribution in [1.29, 1.82) is 0 Å². The predicted molar refractivity (Wildman–Crippen MR) is 115 cm³/mol. The zero-order chi connectivity index (χ0) is 20.1. The van der Waals surface area contributed by atoms with Crippen molar-refractivity contribution in [2.45, 2.75) is 32.2 Å². The molecule has 1 aromatic heterocycles. The second-order valence-electron chi connectivity index (χ2n) is 7.88. The fraction of sp³-hybridized carbons (Fsp3) is 0.571. The Morgan fingerprint density at radius 1 is 1.28 bits per heavy atom. The molecule has 1 unspecified atom stereocenters. The Bertz CT molecular complexity index is 832. The molecule has 4 rings (SSSR count). The Labute approximate surface area is 177 Å². The molecule has 2 fully saturated rings. The molecule has 1 N–H and O–H groups in total. The third-order valence-corrected chi connectivity index (χ3v) is 5.95. The number of nitrogens with zero attached hydrogens (tertiary/aromatic N) is 5. The monoisotopic (exact) mass is 416 g/mol. The molecule has 2 aromatic rings. The molecule has 0 amide bonds. The van der Waals surface area contributed by atoms with Crippen LogP contribution in [0.15, 0.2) is 33.8 Å². The first kappa shape index (κ1) is 20.2. The molecule has 0 spiro atoms. The molecule has 156 valence electrons. The maximum Gasteiger partial charge on any atom is 0.246 e. The van der Waals surface area contributed by atoms with E-state index in [9.17, 15) is 0 Å². The molecule has 7 nitrogen and oxygen atoms in total. The Hall–Kier alpha value is -2.12. The maximum atomic E-state index is 6.05. The lowest BCUT2D eigenvalue weighted by Crippen LogP contribution is -2.41. The number of piperidine rings is 1. The van der Waals surface area contributed by atoms with E-state index in [4.69, 9.17) is 16.1 Å². The van der Waals surface area contributed by atoms with Crippen molar-refractivity contribution in [3.63, 3.8) is 0 Å². The molecule has 0 radical (unpaired) electrons. The molecule has 8 heteroatoms. The fourth-order valence-electron chi connectivity index (χ4n) is 4.24. The van der Waals surface area contributed by atoms with Crippen LogP contribution in [0.2, 0.25) is 5.02 Å². The molecule has 1 atom stereocenters. The van der Waals surface area contributed by atoms with E-state index in [1.54, 1.807) is 0 Å². The zero-order valence-electron chi connectivity index (χ0n) is 17.0. The van der Waals surface area contributed by atoms with Gasteiger partial charge in [0.25, 0.3) is 0 Å². The molecule has 29 heavy (non-hydrogen) atoms. The van der Waals surface area contributed by atoms with Crippen LogP contribution < -0.4 is 5.32 Å². The minimum absolute atomic E-state index is 0.452. The first-order chi connectivity index (χ1) is 14.2. The highest BCUT2D eigenvalue weighted by Crippen LogP contribution is 2.21. The summed E-state index contributed by atoms with van der Waals surface area (Å²) in [7, 11) is 1.82. The summed E-state index contributed by atoms with van der Waals surface area (Å²) < 4.78 is 5.39. The van der Waals surface area contributed by atoms with E-state index >= 15 is 0 Å². The van der Waals surface area contributed by atoms with Gasteiger partial charge >= 0.3 is 0 Å². The van der Waals surface area contributed by atoms with E-state index < -0.39 is 0 Å². The smallest absolute Gasteiger partial charge is 0.246 e. The van der Waals surface area contributed by atoms with E-state index in [0.717, 1.165) is 24.6 Å². The summed E-state index contributed by atoms with van der Waals surface area (Å²) >= 11 is 6.05. The molecule has 3 heterocycles. The third kappa shape index (κ3) is 5.28. The quantitative estimate of drug-likeness (QED) is 0.595. The van der Waals surface area contributed by atoms with Gasteiger partial charge in [0, 0.05) is 37.3 Å². The average Bonchev–Trinajstić information content (AvgIpc) is 3.39. The Kier molecular flexibility index (Phi) is 6.67. The Morgan fingerprint density at radius 2 is 2.14 bits per heavy atom.